The average molecular weight is 397 g/mol. The number of carbonyl (C=O) groups is 1. The van der Waals surface area contributed by atoms with Crippen LogP contribution in [0.1, 0.15) is 16.1 Å². The molecule has 1 aliphatic heterocycles. The summed E-state index contributed by atoms with van der Waals surface area (Å²) in [5, 5.41) is 6.54. The summed E-state index contributed by atoms with van der Waals surface area (Å²) in [5.74, 6) is 1.42. The van der Waals surface area contributed by atoms with Gasteiger partial charge in [0.1, 0.15) is 24.7 Å². The Morgan fingerprint density at radius 2 is 1.86 bits per heavy atom. The first-order valence-corrected chi connectivity index (χ1v) is 9.02. The number of fused-ring (bicyclic) bond motifs is 1. The SMILES string of the molecule is Cc1ccc(Cl)cc1Nc1cnc(C(=O)Nc2ccc3c(c2)OCCO3)cn1. The van der Waals surface area contributed by atoms with Crippen molar-refractivity contribution in [2.75, 3.05) is 23.8 Å². The number of amides is 1. The fraction of sp³-hybridized carbons (Fsp3) is 0.150. The summed E-state index contributed by atoms with van der Waals surface area (Å²) in [6, 6.07) is 10.8. The van der Waals surface area contributed by atoms with Gasteiger partial charge in [-0.15, -0.1) is 0 Å². The summed E-state index contributed by atoms with van der Waals surface area (Å²) in [6.45, 7) is 2.96. The molecule has 0 aliphatic carbocycles. The molecule has 142 valence electrons. The van der Waals surface area contributed by atoms with Crippen LogP contribution in [0.2, 0.25) is 5.02 Å². The summed E-state index contributed by atoms with van der Waals surface area (Å²) < 4.78 is 11.0. The van der Waals surface area contributed by atoms with Crippen LogP contribution in [0, 0.1) is 6.92 Å². The molecular weight excluding hydrogens is 380 g/mol. The minimum absolute atomic E-state index is 0.197. The van der Waals surface area contributed by atoms with Crippen molar-refractivity contribution in [1.29, 1.82) is 0 Å². The molecule has 28 heavy (non-hydrogen) atoms. The van der Waals surface area contributed by atoms with Crippen molar-refractivity contribution in [1.82, 2.24) is 9.97 Å². The third-order valence-corrected chi connectivity index (χ3v) is 4.38. The fourth-order valence-electron chi connectivity index (χ4n) is 2.69. The van der Waals surface area contributed by atoms with Crippen LogP contribution in [-0.4, -0.2) is 29.1 Å². The summed E-state index contributed by atoms with van der Waals surface area (Å²) in [6.07, 6.45) is 2.91. The van der Waals surface area contributed by atoms with Gasteiger partial charge >= 0.3 is 0 Å². The smallest absolute Gasteiger partial charge is 0.275 e. The number of ether oxygens (including phenoxy) is 2. The number of benzene rings is 2. The Morgan fingerprint density at radius 3 is 2.64 bits per heavy atom. The lowest BCUT2D eigenvalue weighted by Gasteiger charge is -2.18. The van der Waals surface area contributed by atoms with E-state index in [1.165, 1.54) is 12.4 Å². The Kier molecular flexibility index (Phi) is 4.99. The van der Waals surface area contributed by atoms with Gasteiger partial charge in [-0.1, -0.05) is 17.7 Å². The van der Waals surface area contributed by atoms with Gasteiger partial charge in [0.2, 0.25) is 0 Å². The Labute approximate surface area is 166 Å². The largest absolute Gasteiger partial charge is 0.486 e. The van der Waals surface area contributed by atoms with Gasteiger partial charge in [-0.05, 0) is 36.8 Å². The van der Waals surface area contributed by atoms with E-state index in [0.29, 0.717) is 41.2 Å². The Morgan fingerprint density at radius 1 is 1.04 bits per heavy atom. The van der Waals surface area contributed by atoms with Crippen LogP contribution in [0.15, 0.2) is 48.8 Å². The second kappa shape index (κ2) is 7.74. The highest BCUT2D eigenvalue weighted by molar-refractivity contribution is 6.30. The minimum atomic E-state index is -0.366. The highest BCUT2D eigenvalue weighted by atomic mass is 35.5. The maximum Gasteiger partial charge on any atom is 0.275 e. The van der Waals surface area contributed by atoms with Gasteiger partial charge in [-0.25, -0.2) is 9.97 Å². The minimum Gasteiger partial charge on any atom is -0.486 e. The van der Waals surface area contributed by atoms with E-state index < -0.39 is 0 Å². The molecule has 0 saturated carbocycles. The van der Waals surface area contributed by atoms with E-state index in [1.54, 1.807) is 24.3 Å². The highest BCUT2D eigenvalue weighted by Gasteiger charge is 2.14. The third kappa shape index (κ3) is 3.99. The lowest BCUT2D eigenvalue weighted by atomic mass is 10.2. The lowest BCUT2D eigenvalue weighted by Crippen LogP contribution is -2.17. The molecular formula is C20H17ClN4O3. The number of nitrogens with one attached hydrogen (secondary N) is 2. The summed E-state index contributed by atoms with van der Waals surface area (Å²) >= 11 is 6.03. The van der Waals surface area contributed by atoms with E-state index in [1.807, 2.05) is 19.1 Å². The monoisotopic (exact) mass is 396 g/mol. The van der Waals surface area contributed by atoms with Crippen molar-refractivity contribution in [3.05, 3.63) is 65.1 Å². The van der Waals surface area contributed by atoms with Gasteiger partial charge in [-0.2, -0.15) is 0 Å². The number of halogens is 1. The van der Waals surface area contributed by atoms with Crippen molar-refractivity contribution in [3.63, 3.8) is 0 Å². The zero-order chi connectivity index (χ0) is 19.5. The molecule has 2 heterocycles. The molecule has 1 amide bonds. The van der Waals surface area contributed by atoms with Gasteiger partial charge in [0.25, 0.3) is 5.91 Å². The predicted molar refractivity (Wildman–Crippen MR) is 107 cm³/mol. The van der Waals surface area contributed by atoms with Crippen LogP contribution < -0.4 is 20.1 Å². The number of anilines is 3. The third-order valence-electron chi connectivity index (χ3n) is 4.15. The van der Waals surface area contributed by atoms with E-state index in [2.05, 4.69) is 20.6 Å². The molecule has 1 aromatic heterocycles. The number of hydrogen-bond donors (Lipinski definition) is 2. The number of rotatable bonds is 4. The Bertz CT molecular complexity index is 1020. The van der Waals surface area contributed by atoms with Gasteiger partial charge in [-0.3, -0.25) is 4.79 Å². The van der Waals surface area contributed by atoms with Gasteiger partial charge in [0.15, 0.2) is 11.5 Å². The highest BCUT2D eigenvalue weighted by Crippen LogP contribution is 2.32. The van der Waals surface area contributed by atoms with E-state index in [9.17, 15) is 4.79 Å². The van der Waals surface area contributed by atoms with Gasteiger partial charge in [0, 0.05) is 22.5 Å². The van der Waals surface area contributed by atoms with Crippen LogP contribution >= 0.6 is 11.6 Å². The van der Waals surface area contributed by atoms with E-state index in [4.69, 9.17) is 21.1 Å². The van der Waals surface area contributed by atoms with Crippen LogP contribution in [0.3, 0.4) is 0 Å². The number of aromatic nitrogens is 2. The van der Waals surface area contributed by atoms with Crippen molar-refractivity contribution >= 4 is 34.7 Å². The van der Waals surface area contributed by atoms with E-state index in [-0.39, 0.29) is 11.6 Å². The van der Waals surface area contributed by atoms with Crippen molar-refractivity contribution in [3.8, 4) is 11.5 Å². The van der Waals surface area contributed by atoms with E-state index in [0.717, 1.165) is 11.3 Å². The maximum atomic E-state index is 12.4. The summed E-state index contributed by atoms with van der Waals surface area (Å²) in [7, 11) is 0. The zero-order valence-electron chi connectivity index (χ0n) is 15.0. The quantitative estimate of drug-likeness (QED) is 0.687. The van der Waals surface area contributed by atoms with Crippen molar-refractivity contribution in [2.45, 2.75) is 6.92 Å². The molecule has 2 aromatic carbocycles. The Hall–Kier alpha value is -3.32. The molecule has 0 unspecified atom stereocenters. The lowest BCUT2D eigenvalue weighted by molar-refractivity contribution is 0.102. The molecule has 8 heteroatoms. The summed E-state index contributed by atoms with van der Waals surface area (Å²) in [5.41, 5.74) is 2.64. The van der Waals surface area contributed by atoms with Gasteiger partial charge in [0.05, 0.1) is 12.4 Å². The maximum absolute atomic E-state index is 12.4. The first kappa shape index (κ1) is 18.1. The van der Waals surface area contributed by atoms with Crippen LogP contribution in [0.5, 0.6) is 11.5 Å². The number of nitrogens with zero attached hydrogens (tertiary/aromatic N) is 2. The van der Waals surface area contributed by atoms with Crippen molar-refractivity contribution in [2.24, 2.45) is 0 Å². The molecule has 4 rings (SSSR count). The fourth-order valence-corrected chi connectivity index (χ4v) is 2.87. The molecule has 2 N–H and O–H groups in total. The molecule has 0 atom stereocenters. The van der Waals surface area contributed by atoms with E-state index >= 15 is 0 Å². The molecule has 7 nitrogen and oxygen atoms in total. The molecule has 0 bridgehead atoms. The Balaban J connectivity index is 1.45. The second-order valence-electron chi connectivity index (χ2n) is 6.18. The molecule has 0 spiro atoms. The standard InChI is InChI=1S/C20H17ClN4O3/c1-12-2-3-13(21)8-15(12)25-19-11-22-16(10-23-19)20(26)24-14-4-5-17-18(9-14)28-7-6-27-17/h2-5,8-11H,6-7H2,1H3,(H,23,25)(H,24,26). The topological polar surface area (TPSA) is 85.4 Å². The van der Waals surface area contributed by atoms with Crippen LogP contribution in [-0.2, 0) is 0 Å². The first-order chi connectivity index (χ1) is 13.6. The average Bonchev–Trinajstić information content (AvgIpc) is 2.71. The zero-order valence-corrected chi connectivity index (χ0v) is 15.8. The molecule has 0 radical (unpaired) electrons. The predicted octanol–water partition coefficient (Wildman–Crippen LogP) is 4.21. The van der Waals surface area contributed by atoms with Gasteiger partial charge < -0.3 is 20.1 Å². The molecule has 1 aliphatic rings. The van der Waals surface area contributed by atoms with Crippen LogP contribution in [0.4, 0.5) is 17.2 Å². The number of aryl methyl sites for hydroxylation is 1. The number of hydrogen-bond acceptors (Lipinski definition) is 6. The second-order valence-corrected chi connectivity index (χ2v) is 6.62. The van der Waals surface area contributed by atoms with Crippen LogP contribution in [0.25, 0.3) is 0 Å². The molecule has 0 fully saturated rings. The summed E-state index contributed by atoms with van der Waals surface area (Å²) in [4.78, 5) is 20.9. The number of carbonyl (C=O) groups excluding carboxylic acids is 1. The molecule has 3 aromatic rings. The van der Waals surface area contributed by atoms with Crippen molar-refractivity contribution < 1.29 is 14.3 Å². The first-order valence-electron chi connectivity index (χ1n) is 8.65. The molecule has 0 saturated heterocycles. The normalized spacial score (nSPS) is 12.4.